The van der Waals surface area contributed by atoms with Gasteiger partial charge >= 0.3 is 0 Å². The average Bonchev–Trinajstić information content (AvgIpc) is 2.75. The fourth-order valence-electron chi connectivity index (χ4n) is 2.81. The van der Waals surface area contributed by atoms with E-state index in [-0.39, 0.29) is 17.2 Å². The summed E-state index contributed by atoms with van der Waals surface area (Å²) in [4.78, 5) is 29.6. The van der Waals surface area contributed by atoms with Crippen molar-refractivity contribution in [1.82, 2.24) is 14.9 Å². The van der Waals surface area contributed by atoms with E-state index in [4.69, 9.17) is 10.00 Å². The number of thioether (sulfide) groups is 1. The number of hydrogen-bond donors (Lipinski definition) is 1. The zero-order valence-electron chi connectivity index (χ0n) is 15.9. The van der Waals surface area contributed by atoms with Crippen LogP contribution in [-0.2, 0) is 11.3 Å². The number of rotatable bonds is 8. The summed E-state index contributed by atoms with van der Waals surface area (Å²) in [5.41, 5.74) is 1.85. The van der Waals surface area contributed by atoms with Crippen LogP contribution < -0.4 is 10.9 Å². The van der Waals surface area contributed by atoms with Crippen molar-refractivity contribution in [1.29, 1.82) is 5.26 Å². The Bertz CT molecular complexity index is 1100. The molecule has 3 rings (SSSR count). The predicted octanol–water partition coefficient (Wildman–Crippen LogP) is 2.44. The van der Waals surface area contributed by atoms with Crippen molar-refractivity contribution < 1.29 is 9.53 Å². The topological polar surface area (TPSA) is 97.0 Å². The Kier molecular flexibility index (Phi) is 7.00. The minimum Gasteiger partial charge on any atom is -0.383 e. The van der Waals surface area contributed by atoms with E-state index < -0.39 is 0 Å². The molecular formula is C21H20N4O3S. The quantitative estimate of drug-likeness (QED) is 0.349. The first-order chi connectivity index (χ1) is 14.1. The van der Waals surface area contributed by atoms with E-state index in [2.05, 4.69) is 16.4 Å². The third kappa shape index (κ3) is 5.02. The molecule has 148 valence electrons. The number of fused-ring (bicyclic) bond motifs is 1. The van der Waals surface area contributed by atoms with Gasteiger partial charge in [0.15, 0.2) is 5.16 Å². The molecule has 1 aromatic heterocycles. The number of carbonyl (C=O) groups is 1. The summed E-state index contributed by atoms with van der Waals surface area (Å²) in [5, 5.41) is 12.7. The molecule has 0 bridgehead atoms. The van der Waals surface area contributed by atoms with Crippen LogP contribution in [0, 0.1) is 11.3 Å². The van der Waals surface area contributed by atoms with Gasteiger partial charge in [-0.25, -0.2) is 4.98 Å². The van der Waals surface area contributed by atoms with E-state index >= 15 is 0 Å². The molecule has 3 aromatic rings. The number of hydrogen-bond acceptors (Lipinski definition) is 6. The van der Waals surface area contributed by atoms with Crippen LogP contribution in [-0.4, -0.2) is 41.5 Å². The van der Waals surface area contributed by atoms with Gasteiger partial charge in [-0.2, -0.15) is 5.26 Å². The van der Waals surface area contributed by atoms with Gasteiger partial charge in [0.25, 0.3) is 11.5 Å². The number of nitriles is 1. The average molecular weight is 408 g/mol. The Hall–Kier alpha value is -3.15. The molecule has 0 unspecified atom stereocenters. The third-order valence-electron chi connectivity index (χ3n) is 4.24. The van der Waals surface area contributed by atoms with E-state index in [9.17, 15) is 9.59 Å². The molecule has 2 aromatic carbocycles. The molecule has 0 atom stereocenters. The van der Waals surface area contributed by atoms with Crippen molar-refractivity contribution in [2.45, 2.75) is 11.7 Å². The molecule has 0 saturated carbocycles. The maximum absolute atomic E-state index is 13.0. The Morgan fingerprint density at radius 2 is 2.00 bits per heavy atom. The zero-order chi connectivity index (χ0) is 20.6. The number of ether oxygens (including phenoxy) is 1. The highest BCUT2D eigenvalue weighted by molar-refractivity contribution is 7.99. The van der Waals surface area contributed by atoms with Gasteiger partial charge in [0, 0.05) is 19.2 Å². The standard InChI is InChI=1S/C21H20N4O3S/c1-28-12-11-23-19(26)16-8-6-15(7-9-16)14-25-20(27)17-4-2-3-5-18(17)24-21(25)29-13-10-22/h2-9H,11-14H2,1H3,(H,23,26). The maximum atomic E-state index is 13.0. The van der Waals surface area contributed by atoms with Crippen LogP contribution in [0.25, 0.3) is 10.9 Å². The maximum Gasteiger partial charge on any atom is 0.262 e. The molecule has 0 aliphatic rings. The number of methoxy groups -OCH3 is 1. The van der Waals surface area contributed by atoms with Gasteiger partial charge in [-0.15, -0.1) is 0 Å². The molecule has 1 N–H and O–H groups in total. The van der Waals surface area contributed by atoms with Gasteiger partial charge in [-0.3, -0.25) is 14.2 Å². The first-order valence-corrected chi connectivity index (χ1v) is 9.98. The molecule has 8 heteroatoms. The molecule has 0 aliphatic carbocycles. The minimum absolute atomic E-state index is 0.155. The lowest BCUT2D eigenvalue weighted by Gasteiger charge is -2.13. The van der Waals surface area contributed by atoms with Crippen LogP contribution in [0.4, 0.5) is 0 Å². The van der Waals surface area contributed by atoms with Crippen LogP contribution in [0.3, 0.4) is 0 Å². The fourth-order valence-corrected chi connectivity index (χ4v) is 3.47. The van der Waals surface area contributed by atoms with E-state index in [0.29, 0.717) is 41.3 Å². The van der Waals surface area contributed by atoms with E-state index in [1.165, 1.54) is 11.8 Å². The van der Waals surface area contributed by atoms with Crippen molar-refractivity contribution in [3.8, 4) is 6.07 Å². The number of para-hydroxylation sites is 1. The number of nitrogens with one attached hydrogen (secondary N) is 1. The van der Waals surface area contributed by atoms with E-state index in [1.807, 2.05) is 18.2 Å². The molecule has 0 aliphatic heterocycles. The zero-order valence-corrected chi connectivity index (χ0v) is 16.7. The number of nitrogens with zero attached hydrogens (tertiary/aromatic N) is 3. The normalized spacial score (nSPS) is 10.6. The van der Waals surface area contributed by atoms with Crippen LogP contribution in [0.5, 0.6) is 0 Å². The summed E-state index contributed by atoms with van der Waals surface area (Å²) < 4.78 is 6.49. The summed E-state index contributed by atoms with van der Waals surface area (Å²) in [5.74, 6) is 0.0224. The lowest BCUT2D eigenvalue weighted by molar-refractivity contribution is 0.0937. The number of carbonyl (C=O) groups excluding carboxylic acids is 1. The van der Waals surface area contributed by atoms with Crippen molar-refractivity contribution in [2.24, 2.45) is 0 Å². The summed E-state index contributed by atoms with van der Waals surface area (Å²) in [7, 11) is 1.58. The van der Waals surface area contributed by atoms with Crippen LogP contribution >= 0.6 is 11.8 Å². The molecule has 0 radical (unpaired) electrons. The van der Waals surface area contributed by atoms with Crippen molar-refractivity contribution in [3.63, 3.8) is 0 Å². The van der Waals surface area contributed by atoms with Crippen molar-refractivity contribution in [2.75, 3.05) is 26.0 Å². The Balaban J connectivity index is 1.87. The first kappa shape index (κ1) is 20.6. The summed E-state index contributed by atoms with van der Waals surface area (Å²) in [6.45, 7) is 1.19. The van der Waals surface area contributed by atoms with Gasteiger partial charge in [-0.05, 0) is 29.8 Å². The van der Waals surface area contributed by atoms with Crippen LogP contribution in [0.1, 0.15) is 15.9 Å². The van der Waals surface area contributed by atoms with Gasteiger partial charge in [-0.1, -0.05) is 36.0 Å². The highest BCUT2D eigenvalue weighted by Gasteiger charge is 2.12. The van der Waals surface area contributed by atoms with E-state index in [0.717, 1.165) is 5.56 Å². The van der Waals surface area contributed by atoms with Crippen molar-refractivity contribution >= 4 is 28.6 Å². The second-order valence-corrected chi connectivity index (χ2v) is 7.14. The highest BCUT2D eigenvalue weighted by Crippen LogP contribution is 2.18. The second-order valence-electron chi connectivity index (χ2n) is 6.20. The summed E-state index contributed by atoms with van der Waals surface area (Å²) in [6.07, 6.45) is 0. The Morgan fingerprint density at radius 1 is 1.24 bits per heavy atom. The van der Waals surface area contributed by atoms with E-state index in [1.54, 1.807) is 42.0 Å². The van der Waals surface area contributed by atoms with Gasteiger partial charge in [0.05, 0.1) is 35.9 Å². The molecule has 0 saturated heterocycles. The third-order valence-corrected chi connectivity index (χ3v) is 5.08. The molecule has 29 heavy (non-hydrogen) atoms. The first-order valence-electron chi connectivity index (χ1n) is 8.99. The molecular weight excluding hydrogens is 388 g/mol. The number of aromatic nitrogens is 2. The SMILES string of the molecule is COCCNC(=O)c1ccc(Cn2c(SCC#N)nc3ccccc3c2=O)cc1. The monoisotopic (exact) mass is 408 g/mol. The fraction of sp³-hybridized carbons (Fsp3) is 0.238. The molecule has 0 spiro atoms. The van der Waals surface area contributed by atoms with Crippen LogP contribution in [0.2, 0.25) is 0 Å². The Labute approximate surface area is 172 Å². The van der Waals surface area contributed by atoms with Crippen molar-refractivity contribution in [3.05, 3.63) is 70.0 Å². The Morgan fingerprint density at radius 3 is 2.72 bits per heavy atom. The summed E-state index contributed by atoms with van der Waals surface area (Å²) >= 11 is 1.23. The number of benzene rings is 2. The smallest absolute Gasteiger partial charge is 0.262 e. The molecule has 0 fully saturated rings. The minimum atomic E-state index is -0.177. The van der Waals surface area contributed by atoms with Gasteiger partial charge in [0.2, 0.25) is 0 Å². The molecule has 7 nitrogen and oxygen atoms in total. The largest absolute Gasteiger partial charge is 0.383 e. The highest BCUT2D eigenvalue weighted by atomic mass is 32.2. The lowest BCUT2D eigenvalue weighted by atomic mass is 10.1. The molecule has 1 amide bonds. The second kappa shape index (κ2) is 9.87. The van der Waals surface area contributed by atoms with Crippen LogP contribution in [0.15, 0.2) is 58.5 Å². The predicted molar refractivity (Wildman–Crippen MR) is 112 cm³/mol. The summed E-state index contributed by atoms with van der Waals surface area (Å²) in [6, 6.07) is 16.3. The van der Waals surface area contributed by atoms with Gasteiger partial charge in [0.1, 0.15) is 0 Å². The lowest BCUT2D eigenvalue weighted by Crippen LogP contribution is -2.27. The van der Waals surface area contributed by atoms with Gasteiger partial charge < -0.3 is 10.1 Å². The number of amides is 1. The molecule has 1 heterocycles.